The highest BCUT2D eigenvalue weighted by molar-refractivity contribution is 5.56. The van der Waals surface area contributed by atoms with Crippen LogP contribution < -0.4 is 5.32 Å². The van der Waals surface area contributed by atoms with Crippen molar-refractivity contribution >= 4 is 0 Å². The molecular formula is C17H21N3O. The van der Waals surface area contributed by atoms with E-state index in [1.165, 1.54) is 43.2 Å². The summed E-state index contributed by atoms with van der Waals surface area (Å²) >= 11 is 0. The predicted octanol–water partition coefficient (Wildman–Crippen LogP) is 2.77. The number of aryl methyl sites for hydroxylation is 2. The van der Waals surface area contributed by atoms with Crippen molar-refractivity contribution in [1.82, 2.24) is 15.5 Å². The average molecular weight is 283 g/mol. The highest BCUT2D eigenvalue weighted by Crippen LogP contribution is 2.27. The van der Waals surface area contributed by atoms with Crippen LogP contribution in [0.15, 0.2) is 22.7 Å². The summed E-state index contributed by atoms with van der Waals surface area (Å²) in [6.07, 6.45) is 7.08. The maximum absolute atomic E-state index is 5.47. The number of benzene rings is 1. The Bertz CT molecular complexity index is 629. The first kappa shape index (κ1) is 13.0. The van der Waals surface area contributed by atoms with E-state index in [2.05, 4.69) is 33.7 Å². The van der Waals surface area contributed by atoms with E-state index in [1.54, 1.807) is 0 Å². The van der Waals surface area contributed by atoms with Gasteiger partial charge in [-0.25, -0.2) is 0 Å². The van der Waals surface area contributed by atoms with Crippen LogP contribution in [0.2, 0.25) is 0 Å². The van der Waals surface area contributed by atoms with E-state index in [-0.39, 0.29) is 0 Å². The second kappa shape index (κ2) is 5.60. The van der Waals surface area contributed by atoms with Gasteiger partial charge in [-0.05, 0) is 74.4 Å². The lowest BCUT2D eigenvalue weighted by Gasteiger charge is -2.20. The molecule has 0 saturated carbocycles. The Kier molecular flexibility index (Phi) is 3.47. The molecule has 110 valence electrons. The fourth-order valence-electron chi connectivity index (χ4n) is 3.52. The van der Waals surface area contributed by atoms with Gasteiger partial charge in [0, 0.05) is 12.0 Å². The Morgan fingerprint density at radius 3 is 3.05 bits per heavy atom. The fraction of sp³-hybridized carbons (Fsp3) is 0.529. The lowest BCUT2D eigenvalue weighted by molar-refractivity contribution is 0.360. The molecule has 1 aliphatic heterocycles. The van der Waals surface area contributed by atoms with Crippen LogP contribution in [0, 0.1) is 5.92 Å². The van der Waals surface area contributed by atoms with Gasteiger partial charge in [0.25, 0.3) is 5.89 Å². The molecule has 0 amide bonds. The molecule has 1 N–H and O–H groups in total. The number of nitrogens with one attached hydrogen (secondary N) is 1. The molecule has 21 heavy (non-hydrogen) atoms. The van der Waals surface area contributed by atoms with Gasteiger partial charge in [-0.3, -0.25) is 0 Å². The van der Waals surface area contributed by atoms with Crippen molar-refractivity contribution in [3.05, 3.63) is 35.2 Å². The fourth-order valence-corrected chi connectivity index (χ4v) is 3.52. The SMILES string of the molecule is c1cc2c(cc1-c1nc(CC3CCCNC3)no1)CCC2. The molecule has 2 aliphatic rings. The van der Waals surface area contributed by atoms with Crippen LogP contribution in [0.25, 0.3) is 11.5 Å². The summed E-state index contributed by atoms with van der Waals surface area (Å²) < 4.78 is 5.47. The third kappa shape index (κ3) is 2.72. The molecular weight excluding hydrogens is 262 g/mol. The zero-order valence-corrected chi connectivity index (χ0v) is 12.3. The summed E-state index contributed by atoms with van der Waals surface area (Å²) in [5.41, 5.74) is 3.99. The molecule has 4 rings (SSSR count). The van der Waals surface area contributed by atoms with Crippen molar-refractivity contribution < 1.29 is 4.52 Å². The molecule has 1 aliphatic carbocycles. The lowest BCUT2D eigenvalue weighted by atomic mass is 9.96. The zero-order valence-electron chi connectivity index (χ0n) is 12.3. The Morgan fingerprint density at radius 1 is 1.19 bits per heavy atom. The molecule has 1 aromatic heterocycles. The third-order valence-electron chi connectivity index (χ3n) is 4.68. The minimum absolute atomic E-state index is 0.643. The molecule has 1 atom stereocenters. The van der Waals surface area contributed by atoms with Crippen LogP contribution in [0.1, 0.15) is 36.2 Å². The highest BCUT2D eigenvalue weighted by atomic mass is 16.5. The maximum atomic E-state index is 5.47. The molecule has 0 bridgehead atoms. The van der Waals surface area contributed by atoms with E-state index in [1.807, 2.05) is 0 Å². The summed E-state index contributed by atoms with van der Waals surface area (Å²) in [4.78, 5) is 4.59. The van der Waals surface area contributed by atoms with Gasteiger partial charge in [0.1, 0.15) is 0 Å². The lowest BCUT2D eigenvalue weighted by Crippen LogP contribution is -2.31. The number of aromatic nitrogens is 2. The van der Waals surface area contributed by atoms with Crippen LogP contribution in [0.4, 0.5) is 0 Å². The molecule has 1 saturated heterocycles. The number of hydrogen-bond donors (Lipinski definition) is 1. The first-order valence-electron chi connectivity index (χ1n) is 8.04. The van der Waals surface area contributed by atoms with Crippen molar-refractivity contribution in [1.29, 1.82) is 0 Å². The van der Waals surface area contributed by atoms with Crippen LogP contribution in [0.3, 0.4) is 0 Å². The monoisotopic (exact) mass is 283 g/mol. The van der Waals surface area contributed by atoms with E-state index < -0.39 is 0 Å². The standard InChI is InChI=1S/C17H21N3O/c1-4-13-6-7-15(10-14(13)5-1)17-19-16(20-21-17)9-12-3-2-8-18-11-12/h6-7,10,12,18H,1-5,8-9,11H2. The second-order valence-electron chi connectivity index (χ2n) is 6.27. The van der Waals surface area contributed by atoms with Crippen molar-refractivity contribution in [2.75, 3.05) is 13.1 Å². The van der Waals surface area contributed by atoms with Crippen LogP contribution in [0.5, 0.6) is 0 Å². The minimum Gasteiger partial charge on any atom is -0.334 e. The van der Waals surface area contributed by atoms with Gasteiger partial charge in [0.2, 0.25) is 0 Å². The smallest absolute Gasteiger partial charge is 0.257 e. The largest absolute Gasteiger partial charge is 0.334 e. The number of rotatable bonds is 3. The van der Waals surface area contributed by atoms with Gasteiger partial charge in [-0.2, -0.15) is 4.98 Å². The van der Waals surface area contributed by atoms with Gasteiger partial charge >= 0.3 is 0 Å². The van der Waals surface area contributed by atoms with Gasteiger partial charge in [0.15, 0.2) is 5.82 Å². The molecule has 2 heterocycles. The molecule has 1 unspecified atom stereocenters. The van der Waals surface area contributed by atoms with Gasteiger partial charge < -0.3 is 9.84 Å². The van der Waals surface area contributed by atoms with Crippen molar-refractivity contribution in [3.8, 4) is 11.5 Å². The molecule has 0 radical (unpaired) electrons. The molecule has 0 spiro atoms. The number of fused-ring (bicyclic) bond motifs is 1. The Morgan fingerprint density at radius 2 is 2.14 bits per heavy atom. The molecule has 1 fully saturated rings. The summed E-state index contributed by atoms with van der Waals surface area (Å²) in [5.74, 6) is 2.16. The van der Waals surface area contributed by atoms with Crippen molar-refractivity contribution in [2.45, 2.75) is 38.5 Å². The van der Waals surface area contributed by atoms with Crippen LogP contribution in [-0.2, 0) is 19.3 Å². The van der Waals surface area contributed by atoms with Crippen LogP contribution >= 0.6 is 0 Å². The van der Waals surface area contributed by atoms with E-state index in [9.17, 15) is 0 Å². The third-order valence-corrected chi connectivity index (χ3v) is 4.68. The Labute approximate surface area is 124 Å². The number of nitrogens with zero attached hydrogens (tertiary/aromatic N) is 2. The molecule has 1 aromatic carbocycles. The van der Waals surface area contributed by atoms with Crippen LogP contribution in [-0.4, -0.2) is 23.2 Å². The Hall–Kier alpha value is -1.68. The van der Waals surface area contributed by atoms with Gasteiger partial charge in [-0.15, -0.1) is 0 Å². The quantitative estimate of drug-likeness (QED) is 0.941. The molecule has 4 nitrogen and oxygen atoms in total. The highest BCUT2D eigenvalue weighted by Gasteiger charge is 2.18. The van der Waals surface area contributed by atoms with Crippen molar-refractivity contribution in [3.63, 3.8) is 0 Å². The Balaban J connectivity index is 1.51. The average Bonchev–Trinajstić information content (AvgIpc) is 3.16. The summed E-state index contributed by atoms with van der Waals surface area (Å²) in [5, 5.41) is 7.60. The van der Waals surface area contributed by atoms with Gasteiger partial charge in [-0.1, -0.05) is 11.2 Å². The predicted molar refractivity (Wildman–Crippen MR) is 81.1 cm³/mol. The number of hydrogen-bond acceptors (Lipinski definition) is 4. The zero-order chi connectivity index (χ0) is 14.1. The van der Waals surface area contributed by atoms with Crippen molar-refractivity contribution in [2.24, 2.45) is 5.92 Å². The second-order valence-corrected chi connectivity index (χ2v) is 6.27. The van der Waals surface area contributed by atoms with E-state index in [0.717, 1.165) is 30.9 Å². The summed E-state index contributed by atoms with van der Waals surface area (Å²) in [6.45, 7) is 2.21. The maximum Gasteiger partial charge on any atom is 0.257 e. The minimum atomic E-state index is 0.643. The first-order chi connectivity index (χ1) is 10.4. The van der Waals surface area contributed by atoms with E-state index >= 15 is 0 Å². The molecule has 4 heteroatoms. The van der Waals surface area contributed by atoms with Gasteiger partial charge in [0.05, 0.1) is 0 Å². The van der Waals surface area contributed by atoms with E-state index in [0.29, 0.717) is 11.8 Å². The summed E-state index contributed by atoms with van der Waals surface area (Å²) in [7, 11) is 0. The molecule has 2 aromatic rings. The first-order valence-corrected chi connectivity index (χ1v) is 8.04. The number of piperidine rings is 1. The topological polar surface area (TPSA) is 51.0 Å². The summed E-state index contributed by atoms with van der Waals surface area (Å²) in [6, 6.07) is 6.55. The van der Waals surface area contributed by atoms with E-state index in [4.69, 9.17) is 4.52 Å². The normalized spacial score (nSPS) is 21.4.